The fraction of sp³-hybridized carbons (Fsp3) is 0.235. The lowest BCUT2D eigenvalue weighted by atomic mass is 9.86. The van der Waals surface area contributed by atoms with Gasteiger partial charge in [-0.2, -0.15) is 0 Å². The Bertz CT molecular complexity index is 729. The SMILES string of the molecule is CC(C)(C)c1ccc(C(=O)c2ccnc(N)c2C(=O)O)cc1. The van der Waals surface area contributed by atoms with E-state index in [4.69, 9.17) is 5.73 Å². The van der Waals surface area contributed by atoms with Gasteiger partial charge >= 0.3 is 5.97 Å². The summed E-state index contributed by atoms with van der Waals surface area (Å²) in [4.78, 5) is 27.6. The molecule has 0 fully saturated rings. The maximum Gasteiger partial charge on any atom is 0.340 e. The van der Waals surface area contributed by atoms with Crippen LogP contribution in [0.3, 0.4) is 0 Å². The smallest absolute Gasteiger partial charge is 0.340 e. The number of carboxylic acids is 1. The lowest BCUT2D eigenvalue weighted by Gasteiger charge is -2.19. The highest BCUT2D eigenvalue weighted by atomic mass is 16.4. The second-order valence-corrected chi connectivity index (χ2v) is 6.08. The van der Waals surface area contributed by atoms with Gasteiger partial charge in [0.1, 0.15) is 11.4 Å². The van der Waals surface area contributed by atoms with Crippen LogP contribution in [0.5, 0.6) is 0 Å². The molecule has 0 bridgehead atoms. The minimum atomic E-state index is -1.26. The number of hydrogen-bond donors (Lipinski definition) is 2. The first kappa shape index (κ1) is 15.7. The Hall–Kier alpha value is -2.69. The van der Waals surface area contributed by atoms with Crippen molar-refractivity contribution in [2.24, 2.45) is 0 Å². The predicted octanol–water partition coefficient (Wildman–Crippen LogP) is 2.89. The first-order valence-corrected chi connectivity index (χ1v) is 6.85. The number of anilines is 1. The van der Waals surface area contributed by atoms with Crippen molar-refractivity contribution >= 4 is 17.6 Å². The summed E-state index contributed by atoms with van der Waals surface area (Å²) in [6, 6.07) is 8.52. The van der Waals surface area contributed by atoms with Gasteiger partial charge in [-0.25, -0.2) is 9.78 Å². The van der Waals surface area contributed by atoms with E-state index in [1.165, 1.54) is 12.3 Å². The van der Waals surface area contributed by atoms with Gasteiger partial charge < -0.3 is 10.8 Å². The van der Waals surface area contributed by atoms with Crippen molar-refractivity contribution in [2.75, 3.05) is 5.73 Å². The predicted molar refractivity (Wildman–Crippen MR) is 84.2 cm³/mol. The zero-order valence-corrected chi connectivity index (χ0v) is 12.8. The molecule has 1 aromatic carbocycles. The average Bonchev–Trinajstić information content (AvgIpc) is 2.45. The topological polar surface area (TPSA) is 93.3 Å². The Morgan fingerprint density at radius 2 is 1.68 bits per heavy atom. The molecule has 1 heterocycles. The van der Waals surface area contributed by atoms with E-state index in [1.807, 2.05) is 12.1 Å². The minimum Gasteiger partial charge on any atom is -0.478 e. The van der Waals surface area contributed by atoms with Crippen LogP contribution in [0, 0.1) is 0 Å². The van der Waals surface area contributed by atoms with Crippen molar-refractivity contribution in [3.05, 3.63) is 58.8 Å². The molecule has 0 amide bonds. The first-order valence-electron chi connectivity index (χ1n) is 6.85. The lowest BCUT2D eigenvalue weighted by Crippen LogP contribution is -2.14. The highest BCUT2D eigenvalue weighted by Crippen LogP contribution is 2.24. The molecule has 0 radical (unpaired) electrons. The Morgan fingerprint density at radius 3 is 2.18 bits per heavy atom. The average molecular weight is 298 g/mol. The number of nitrogen functional groups attached to an aromatic ring is 1. The van der Waals surface area contributed by atoms with Crippen molar-refractivity contribution in [1.82, 2.24) is 4.98 Å². The summed E-state index contributed by atoms with van der Waals surface area (Å²) in [7, 11) is 0. The van der Waals surface area contributed by atoms with Crippen LogP contribution < -0.4 is 5.73 Å². The number of rotatable bonds is 3. The van der Waals surface area contributed by atoms with E-state index in [0.29, 0.717) is 5.56 Å². The fourth-order valence-corrected chi connectivity index (χ4v) is 2.17. The van der Waals surface area contributed by atoms with Crippen LogP contribution in [0.1, 0.15) is 52.6 Å². The molecule has 2 rings (SSSR count). The van der Waals surface area contributed by atoms with E-state index in [9.17, 15) is 14.7 Å². The molecule has 0 aliphatic rings. The van der Waals surface area contributed by atoms with Gasteiger partial charge in [-0.05, 0) is 17.0 Å². The molecular weight excluding hydrogens is 280 g/mol. The van der Waals surface area contributed by atoms with Crippen LogP contribution in [0.4, 0.5) is 5.82 Å². The largest absolute Gasteiger partial charge is 0.478 e. The third-order valence-corrected chi connectivity index (χ3v) is 3.45. The number of carbonyl (C=O) groups is 2. The number of aromatic carboxylic acids is 1. The molecule has 2 aromatic rings. The van der Waals surface area contributed by atoms with Crippen molar-refractivity contribution in [3.63, 3.8) is 0 Å². The van der Waals surface area contributed by atoms with E-state index >= 15 is 0 Å². The maximum absolute atomic E-state index is 12.5. The van der Waals surface area contributed by atoms with Gasteiger partial charge in [0.15, 0.2) is 5.78 Å². The Kier molecular flexibility index (Phi) is 3.99. The molecule has 0 spiro atoms. The van der Waals surface area contributed by atoms with Crippen LogP contribution in [0.2, 0.25) is 0 Å². The molecule has 0 aliphatic heterocycles. The summed E-state index contributed by atoms with van der Waals surface area (Å²) < 4.78 is 0. The third-order valence-electron chi connectivity index (χ3n) is 3.45. The molecule has 0 saturated carbocycles. The van der Waals surface area contributed by atoms with Gasteiger partial charge in [0.05, 0.1) is 0 Å². The van der Waals surface area contributed by atoms with Crippen LogP contribution in [-0.4, -0.2) is 21.8 Å². The van der Waals surface area contributed by atoms with E-state index in [-0.39, 0.29) is 28.1 Å². The van der Waals surface area contributed by atoms with E-state index in [2.05, 4.69) is 25.8 Å². The number of aromatic nitrogens is 1. The second kappa shape index (κ2) is 5.60. The Balaban J connectivity index is 2.45. The molecule has 0 aliphatic carbocycles. The summed E-state index contributed by atoms with van der Waals surface area (Å²) in [5.41, 5.74) is 6.86. The van der Waals surface area contributed by atoms with Crippen LogP contribution >= 0.6 is 0 Å². The first-order chi connectivity index (χ1) is 10.2. The molecule has 5 nitrogen and oxygen atoms in total. The van der Waals surface area contributed by atoms with E-state index in [0.717, 1.165) is 5.56 Å². The van der Waals surface area contributed by atoms with Crippen LogP contribution in [0.25, 0.3) is 0 Å². The molecule has 0 unspecified atom stereocenters. The number of hydrogen-bond acceptors (Lipinski definition) is 4. The molecule has 114 valence electrons. The molecule has 1 aromatic heterocycles. The lowest BCUT2D eigenvalue weighted by molar-refractivity contribution is 0.0693. The van der Waals surface area contributed by atoms with Gasteiger partial charge in [0, 0.05) is 17.3 Å². The van der Waals surface area contributed by atoms with Gasteiger partial charge in [-0.1, -0.05) is 45.0 Å². The number of benzene rings is 1. The number of carbonyl (C=O) groups excluding carboxylic acids is 1. The number of nitrogens with two attached hydrogens (primary N) is 1. The van der Waals surface area contributed by atoms with Crippen molar-refractivity contribution in [3.8, 4) is 0 Å². The minimum absolute atomic E-state index is 0.0190. The number of nitrogens with zero attached hydrogens (tertiary/aromatic N) is 1. The summed E-state index contributed by atoms with van der Waals surface area (Å²) >= 11 is 0. The zero-order valence-electron chi connectivity index (χ0n) is 12.8. The standard InChI is InChI=1S/C17H18N2O3/c1-17(2,3)11-6-4-10(5-7-11)14(20)12-8-9-19-15(18)13(12)16(21)22/h4-9H,1-3H3,(H2,18,19)(H,21,22). The molecule has 0 atom stereocenters. The number of ketones is 1. The summed E-state index contributed by atoms with van der Waals surface area (Å²) in [5.74, 6) is -1.81. The van der Waals surface area contributed by atoms with Gasteiger partial charge in [0.25, 0.3) is 0 Å². The Morgan fingerprint density at radius 1 is 1.09 bits per heavy atom. The van der Waals surface area contributed by atoms with Crippen molar-refractivity contribution in [1.29, 1.82) is 0 Å². The van der Waals surface area contributed by atoms with Gasteiger partial charge in [0.2, 0.25) is 0 Å². The van der Waals surface area contributed by atoms with Crippen LogP contribution in [-0.2, 0) is 5.41 Å². The summed E-state index contributed by atoms with van der Waals surface area (Å²) in [6.45, 7) is 6.24. The molecule has 5 heteroatoms. The van der Waals surface area contributed by atoms with Crippen LogP contribution in [0.15, 0.2) is 36.5 Å². The molecule has 0 saturated heterocycles. The zero-order chi connectivity index (χ0) is 16.5. The van der Waals surface area contributed by atoms with E-state index < -0.39 is 5.97 Å². The quantitative estimate of drug-likeness (QED) is 0.850. The Labute approximate surface area is 128 Å². The number of carboxylic acid groups (broad SMARTS) is 1. The highest BCUT2D eigenvalue weighted by Gasteiger charge is 2.22. The molecule has 3 N–H and O–H groups in total. The fourth-order valence-electron chi connectivity index (χ4n) is 2.17. The normalized spacial score (nSPS) is 11.2. The van der Waals surface area contributed by atoms with Gasteiger partial charge in [-0.3, -0.25) is 4.79 Å². The van der Waals surface area contributed by atoms with Gasteiger partial charge in [-0.15, -0.1) is 0 Å². The third kappa shape index (κ3) is 2.98. The summed E-state index contributed by atoms with van der Waals surface area (Å²) in [6.07, 6.45) is 1.33. The van der Waals surface area contributed by atoms with Crippen molar-refractivity contribution < 1.29 is 14.7 Å². The maximum atomic E-state index is 12.5. The summed E-state index contributed by atoms with van der Waals surface area (Å²) in [5, 5.41) is 9.22. The molecule has 22 heavy (non-hydrogen) atoms. The van der Waals surface area contributed by atoms with Crippen molar-refractivity contribution in [2.45, 2.75) is 26.2 Å². The second-order valence-electron chi connectivity index (χ2n) is 6.08. The molecular formula is C17H18N2O3. The van der Waals surface area contributed by atoms with E-state index in [1.54, 1.807) is 12.1 Å². The monoisotopic (exact) mass is 298 g/mol. The highest BCUT2D eigenvalue weighted by molar-refractivity contribution is 6.15. The number of pyridine rings is 1.